The average Bonchev–Trinajstić information content (AvgIpc) is 2.80. The maximum atomic E-state index is 11.5. The molecule has 7 heteroatoms. The molecule has 2 aromatic heterocycles. The molecular weight excluding hydrogens is 246 g/mol. The normalized spacial score (nSPS) is 16.9. The second kappa shape index (κ2) is 5.00. The highest BCUT2D eigenvalue weighted by Gasteiger charge is 2.14. The molecule has 0 bridgehead atoms. The van der Waals surface area contributed by atoms with Gasteiger partial charge in [0.2, 0.25) is 5.88 Å². The van der Waals surface area contributed by atoms with Crippen LogP contribution in [0, 0.1) is 12.8 Å². The van der Waals surface area contributed by atoms with Gasteiger partial charge in [0.05, 0.1) is 6.61 Å². The number of fused-ring (bicyclic) bond motifs is 1. The molecule has 0 saturated carbocycles. The monoisotopic (exact) mass is 263 g/mol. The van der Waals surface area contributed by atoms with E-state index < -0.39 is 0 Å². The average molecular weight is 263 g/mol. The van der Waals surface area contributed by atoms with Gasteiger partial charge in [0, 0.05) is 6.07 Å². The van der Waals surface area contributed by atoms with Crippen molar-refractivity contribution in [3.63, 3.8) is 0 Å². The number of nitrogens with zero attached hydrogens (tertiary/aromatic N) is 3. The van der Waals surface area contributed by atoms with Crippen LogP contribution in [0.15, 0.2) is 10.9 Å². The smallest absolute Gasteiger partial charge is 0.349 e. The Balaban J connectivity index is 1.75. The maximum absolute atomic E-state index is 11.5. The Morgan fingerprint density at radius 3 is 3.05 bits per heavy atom. The van der Waals surface area contributed by atoms with Crippen molar-refractivity contribution in [1.82, 2.24) is 24.9 Å². The van der Waals surface area contributed by atoms with Crippen molar-refractivity contribution in [1.29, 1.82) is 0 Å². The number of hydrogen-bond acceptors (Lipinski definition) is 5. The molecule has 0 radical (unpaired) electrons. The van der Waals surface area contributed by atoms with Gasteiger partial charge < -0.3 is 10.1 Å². The molecule has 1 aliphatic heterocycles. The van der Waals surface area contributed by atoms with Gasteiger partial charge in [-0.15, -0.1) is 0 Å². The highest BCUT2D eigenvalue weighted by molar-refractivity contribution is 5.40. The molecular formula is C12H17N5O2. The summed E-state index contributed by atoms with van der Waals surface area (Å²) in [5, 5.41) is 9.66. The van der Waals surface area contributed by atoms with E-state index in [2.05, 4.69) is 20.5 Å². The van der Waals surface area contributed by atoms with Gasteiger partial charge in [-0.1, -0.05) is 0 Å². The number of piperidine rings is 1. The Bertz CT molecular complexity index is 627. The van der Waals surface area contributed by atoms with Crippen LogP contribution in [0.3, 0.4) is 0 Å². The van der Waals surface area contributed by atoms with E-state index in [9.17, 15) is 4.79 Å². The second-order valence-corrected chi connectivity index (χ2v) is 4.87. The quantitative estimate of drug-likeness (QED) is 0.820. The molecule has 2 aromatic rings. The summed E-state index contributed by atoms with van der Waals surface area (Å²) in [7, 11) is 0. The van der Waals surface area contributed by atoms with Gasteiger partial charge in [0.15, 0.2) is 5.65 Å². The molecule has 0 aliphatic carbocycles. The minimum atomic E-state index is -0.273. The van der Waals surface area contributed by atoms with Crippen molar-refractivity contribution in [2.75, 3.05) is 19.7 Å². The van der Waals surface area contributed by atoms with E-state index in [1.807, 2.05) is 0 Å². The predicted octanol–water partition coefficient (Wildman–Crippen LogP) is 0.104. The van der Waals surface area contributed by atoms with Crippen molar-refractivity contribution in [3.05, 3.63) is 22.4 Å². The molecule has 102 valence electrons. The summed E-state index contributed by atoms with van der Waals surface area (Å²) in [6.45, 7) is 4.53. The van der Waals surface area contributed by atoms with Gasteiger partial charge in [0.25, 0.3) is 0 Å². The van der Waals surface area contributed by atoms with Crippen molar-refractivity contribution < 1.29 is 4.74 Å². The molecule has 3 heterocycles. The van der Waals surface area contributed by atoms with Gasteiger partial charge in [-0.05, 0) is 38.8 Å². The summed E-state index contributed by atoms with van der Waals surface area (Å²) in [6, 6.07) is 1.69. The topological polar surface area (TPSA) is 84.3 Å². The molecule has 1 fully saturated rings. The van der Waals surface area contributed by atoms with Crippen LogP contribution in [0.25, 0.3) is 5.65 Å². The molecule has 7 nitrogen and oxygen atoms in total. The Hall–Kier alpha value is -1.89. The summed E-state index contributed by atoms with van der Waals surface area (Å²) in [5.74, 6) is 1.68. The standard InChI is InChI=1S/C12H17N5O2/c1-8-14-11(6-10-15-16-12(18)17(8)10)19-7-9-2-4-13-5-3-9/h6,9,13H,2-5,7H2,1H3,(H,16,18). The van der Waals surface area contributed by atoms with E-state index in [1.165, 1.54) is 4.40 Å². The third-order valence-corrected chi connectivity index (χ3v) is 3.47. The van der Waals surface area contributed by atoms with E-state index in [0.29, 0.717) is 29.9 Å². The van der Waals surface area contributed by atoms with Gasteiger partial charge in [-0.2, -0.15) is 10.1 Å². The van der Waals surface area contributed by atoms with Crippen molar-refractivity contribution >= 4 is 5.65 Å². The minimum Gasteiger partial charge on any atom is -0.477 e. The lowest BCUT2D eigenvalue weighted by Crippen LogP contribution is -2.30. The predicted molar refractivity (Wildman–Crippen MR) is 69.4 cm³/mol. The zero-order valence-corrected chi connectivity index (χ0v) is 10.8. The minimum absolute atomic E-state index is 0.273. The Labute approximate surface area is 110 Å². The lowest BCUT2D eigenvalue weighted by Gasteiger charge is -2.22. The number of aryl methyl sites for hydroxylation is 1. The van der Waals surface area contributed by atoms with Gasteiger partial charge in [-0.3, -0.25) is 0 Å². The summed E-state index contributed by atoms with van der Waals surface area (Å²) >= 11 is 0. The first-order chi connectivity index (χ1) is 9.24. The van der Waals surface area contributed by atoms with Crippen molar-refractivity contribution in [3.8, 4) is 5.88 Å². The van der Waals surface area contributed by atoms with E-state index in [-0.39, 0.29) is 5.69 Å². The Kier molecular flexibility index (Phi) is 3.20. The van der Waals surface area contributed by atoms with Gasteiger partial charge in [0.1, 0.15) is 5.82 Å². The second-order valence-electron chi connectivity index (χ2n) is 4.87. The van der Waals surface area contributed by atoms with Gasteiger partial charge >= 0.3 is 5.69 Å². The van der Waals surface area contributed by atoms with Crippen LogP contribution in [0.5, 0.6) is 5.88 Å². The van der Waals surface area contributed by atoms with Crippen LogP contribution in [-0.4, -0.2) is 39.3 Å². The summed E-state index contributed by atoms with van der Waals surface area (Å²) in [5.41, 5.74) is 0.266. The Morgan fingerprint density at radius 1 is 1.47 bits per heavy atom. The summed E-state index contributed by atoms with van der Waals surface area (Å²) < 4.78 is 7.16. The molecule has 0 amide bonds. The Morgan fingerprint density at radius 2 is 2.26 bits per heavy atom. The largest absolute Gasteiger partial charge is 0.477 e. The highest BCUT2D eigenvalue weighted by atomic mass is 16.5. The van der Waals surface area contributed by atoms with Crippen molar-refractivity contribution in [2.24, 2.45) is 5.92 Å². The van der Waals surface area contributed by atoms with E-state index in [0.717, 1.165) is 25.9 Å². The molecule has 0 atom stereocenters. The molecule has 0 unspecified atom stereocenters. The van der Waals surface area contributed by atoms with E-state index >= 15 is 0 Å². The van der Waals surface area contributed by atoms with Crippen LogP contribution >= 0.6 is 0 Å². The summed E-state index contributed by atoms with van der Waals surface area (Å²) in [6.07, 6.45) is 2.26. The fraction of sp³-hybridized carbons (Fsp3) is 0.583. The first kappa shape index (κ1) is 12.2. The molecule has 0 spiro atoms. The first-order valence-electron chi connectivity index (χ1n) is 6.52. The fourth-order valence-electron chi connectivity index (χ4n) is 2.40. The molecule has 19 heavy (non-hydrogen) atoms. The zero-order chi connectivity index (χ0) is 13.2. The number of nitrogens with one attached hydrogen (secondary N) is 2. The molecule has 1 aliphatic rings. The number of H-pyrrole nitrogens is 1. The van der Waals surface area contributed by atoms with Crippen LogP contribution in [0.1, 0.15) is 18.7 Å². The first-order valence-corrected chi connectivity index (χ1v) is 6.52. The van der Waals surface area contributed by atoms with Crippen LogP contribution in [0.2, 0.25) is 0 Å². The van der Waals surface area contributed by atoms with Gasteiger partial charge in [-0.25, -0.2) is 14.3 Å². The van der Waals surface area contributed by atoms with Crippen LogP contribution in [0.4, 0.5) is 0 Å². The number of ether oxygens (including phenoxy) is 1. The third kappa shape index (κ3) is 2.46. The fourth-order valence-corrected chi connectivity index (χ4v) is 2.40. The number of aromatic nitrogens is 4. The SMILES string of the molecule is Cc1nc(OCC2CCNCC2)cc2n[nH]c(=O)n12. The number of hydrogen-bond donors (Lipinski definition) is 2. The van der Waals surface area contributed by atoms with E-state index in [1.54, 1.807) is 13.0 Å². The maximum Gasteiger partial charge on any atom is 0.349 e. The molecule has 2 N–H and O–H groups in total. The van der Waals surface area contributed by atoms with Crippen molar-refractivity contribution in [2.45, 2.75) is 19.8 Å². The number of aromatic amines is 1. The number of rotatable bonds is 3. The molecule has 0 aromatic carbocycles. The highest BCUT2D eigenvalue weighted by Crippen LogP contribution is 2.15. The van der Waals surface area contributed by atoms with E-state index in [4.69, 9.17) is 4.74 Å². The molecule has 3 rings (SSSR count). The molecule has 1 saturated heterocycles. The third-order valence-electron chi connectivity index (χ3n) is 3.47. The lowest BCUT2D eigenvalue weighted by molar-refractivity contribution is 0.208. The van der Waals surface area contributed by atoms with Crippen LogP contribution in [-0.2, 0) is 0 Å². The van der Waals surface area contributed by atoms with Crippen LogP contribution < -0.4 is 15.7 Å². The lowest BCUT2D eigenvalue weighted by atomic mass is 9.99. The summed E-state index contributed by atoms with van der Waals surface area (Å²) in [4.78, 5) is 15.8. The zero-order valence-electron chi connectivity index (χ0n) is 10.8.